The third kappa shape index (κ3) is 3.10. The summed E-state index contributed by atoms with van der Waals surface area (Å²) < 4.78 is 1.78. The van der Waals surface area contributed by atoms with Crippen LogP contribution in [0.1, 0.15) is 30.5 Å². The van der Waals surface area contributed by atoms with E-state index in [-0.39, 0.29) is 6.04 Å². The van der Waals surface area contributed by atoms with Crippen LogP contribution < -0.4 is 5.32 Å². The van der Waals surface area contributed by atoms with Crippen LogP contribution in [0, 0.1) is 0 Å². The smallest absolute Gasteiger partial charge is 0.138 e. The molecule has 1 aromatic carbocycles. The molecule has 4 rings (SSSR count). The lowest BCUT2D eigenvalue weighted by Crippen LogP contribution is -2.08. The summed E-state index contributed by atoms with van der Waals surface area (Å²) >= 11 is 1.71. The number of para-hydroxylation sites is 1. The Bertz CT molecular complexity index is 991. The number of hydrogen-bond donors (Lipinski definition) is 1. The van der Waals surface area contributed by atoms with Crippen molar-refractivity contribution in [1.29, 1.82) is 0 Å². The number of anilines is 1. The molecule has 0 amide bonds. The first-order valence-corrected chi connectivity index (χ1v) is 9.04. The van der Waals surface area contributed by atoms with Gasteiger partial charge in [0.05, 0.1) is 23.3 Å². The zero-order valence-electron chi connectivity index (χ0n) is 14.0. The van der Waals surface area contributed by atoms with Crippen molar-refractivity contribution in [2.45, 2.75) is 26.3 Å². The fourth-order valence-corrected chi connectivity index (χ4v) is 3.59. The van der Waals surface area contributed by atoms with Crippen LogP contribution in [0.15, 0.2) is 48.9 Å². The van der Waals surface area contributed by atoms with E-state index in [1.807, 2.05) is 36.5 Å². The maximum absolute atomic E-state index is 4.41. The zero-order chi connectivity index (χ0) is 17.2. The van der Waals surface area contributed by atoms with E-state index in [0.717, 1.165) is 33.8 Å². The van der Waals surface area contributed by atoms with Crippen LogP contribution in [0.25, 0.3) is 15.9 Å². The average Bonchev–Trinajstić information content (AvgIpc) is 3.30. The summed E-state index contributed by atoms with van der Waals surface area (Å²) in [5, 5.41) is 13.0. The van der Waals surface area contributed by atoms with E-state index in [2.05, 4.69) is 45.5 Å². The van der Waals surface area contributed by atoms with Crippen LogP contribution in [0.4, 0.5) is 5.82 Å². The van der Waals surface area contributed by atoms with Gasteiger partial charge in [-0.1, -0.05) is 30.3 Å². The Morgan fingerprint density at radius 2 is 2.04 bits per heavy atom. The van der Waals surface area contributed by atoms with Gasteiger partial charge in [-0.3, -0.25) is 0 Å². The van der Waals surface area contributed by atoms with Crippen molar-refractivity contribution in [3.8, 4) is 5.69 Å². The minimum Gasteiger partial charge on any atom is -0.361 e. The molecule has 1 N–H and O–H groups in total. The number of aryl methyl sites for hydroxylation is 1. The van der Waals surface area contributed by atoms with Crippen LogP contribution in [-0.4, -0.2) is 25.0 Å². The summed E-state index contributed by atoms with van der Waals surface area (Å²) in [4.78, 5) is 11.1. The molecule has 126 valence electrons. The number of nitrogens with zero attached hydrogens (tertiary/aromatic N) is 5. The van der Waals surface area contributed by atoms with Crippen LogP contribution >= 0.6 is 11.3 Å². The second-order valence-corrected chi connectivity index (χ2v) is 6.91. The fourth-order valence-electron chi connectivity index (χ4n) is 2.66. The maximum atomic E-state index is 4.41. The summed E-state index contributed by atoms with van der Waals surface area (Å²) in [5.41, 5.74) is 1.85. The average molecular weight is 350 g/mol. The van der Waals surface area contributed by atoms with E-state index in [4.69, 9.17) is 0 Å². The first-order valence-electron chi connectivity index (χ1n) is 8.22. The van der Waals surface area contributed by atoms with Gasteiger partial charge >= 0.3 is 0 Å². The molecule has 25 heavy (non-hydrogen) atoms. The highest BCUT2D eigenvalue weighted by Crippen LogP contribution is 2.30. The van der Waals surface area contributed by atoms with Gasteiger partial charge in [-0.2, -0.15) is 0 Å². The van der Waals surface area contributed by atoms with Gasteiger partial charge in [0.25, 0.3) is 0 Å². The van der Waals surface area contributed by atoms with E-state index in [9.17, 15) is 0 Å². The van der Waals surface area contributed by atoms with Crippen molar-refractivity contribution in [2.24, 2.45) is 0 Å². The van der Waals surface area contributed by atoms with Gasteiger partial charge in [0.2, 0.25) is 0 Å². The van der Waals surface area contributed by atoms with E-state index in [1.54, 1.807) is 22.3 Å². The quantitative estimate of drug-likeness (QED) is 0.589. The van der Waals surface area contributed by atoms with Crippen LogP contribution in [0.3, 0.4) is 0 Å². The normalized spacial score (nSPS) is 12.4. The predicted octanol–water partition coefficient (Wildman–Crippen LogP) is 4.01. The Morgan fingerprint density at radius 1 is 1.20 bits per heavy atom. The van der Waals surface area contributed by atoms with Crippen molar-refractivity contribution in [1.82, 2.24) is 25.0 Å². The second-order valence-electron chi connectivity index (χ2n) is 5.80. The second kappa shape index (κ2) is 6.60. The molecule has 3 aromatic heterocycles. The van der Waals surface area contributed by atoms with E-state index in [1.165, 1.54) is 4.88 Å². The summed E-state index contributed by atoms with van der Waals surface area (Å²) in [6.45, 7) is 4.20. The lowest BCUT2D eigenvalue weighted by molar-refractivity contribution is 0.780. The monoisotopic (exact) mass is 350 g/mol. The summed E-state index contributed by atoms with van der Waals surface area (Å²) in [7, 11) is 0. The van der Waals surface area contributed by atoms with Gasteiger partial charge in [-0.25, -0.2) is 14.6 Å². The summed E-state index contributed by atoms with van der Waals surface area (Å²) in [6.07, 6.45) is 4.55. The Labute approximate surface area is 149 Å². The molecular formula is C18H18N6S. The molecule has 0 aliphatic carbocycles. The number of fused-ring (bicyclic) bond motifs is 1. The Hall–Kier alpha value is -2.80. The first kappa shape index (κ1) is 15.7. The predicted molar refractivity (Wildman–Crippen MR) is 100 cm³/mol. The molecule has 3 heterocycles. The molecule has 0 saturated heterocycles. The molecule has 4 aromatic rings. The number of thiophene rings is 1. The Morgan fingerprint density at radius 3 is 2.84 bits per heavy atom. The van der Waals surface area contributed by atoms with Gasteiger partial charge in [0.1, 0.15) is 22.7 Å². The Balaban J connectivity index is 1.59. The van der Waals surface area contributed by atoms with E-state index < -0.39 is 0 Å². The lowest BCUT2D eigenvalue weighted by Gasteiger charge is -2.12. The molecule has 0 radical (unpaired) electrons. The molecule has 1 unspecified atom stereocenters. The molecule has 7 heteroatoms. The molecule has 0 saturated carbocycles. The van der Waals surface area contributed by atoms with Crippen molar-refractivity contribution in [2.75, 3.05) is 5.32 Å². The van der Waals surface area contributed by atoms with Gasteiger partial charge < -0.3 is 5.32 Å². The minimum atomic E-state index is -0.0134. The lowest BCUT2D eigenvalue weighted by atomic mass is 10.2. The molecule has 1 atom stereocenters. The van der Waals surface area contributed by atoms with Crippen molar-refractivity contribution >= 4 is 27.4 Å². The number of rotatable bonds is 5. The number of hydrogen-bond acceptors (Lipinski definition) is 6. The third-order valence-corrected chi connectivity index (χ3v) is 5.25. The number of benzene rings is 1. The first-order chi connectivity index (χ1) is 12.2. The van der Waals surface area contributed by atoms with Crippen LogP contribution in [0.2, 0.25) is 0 Å². The van der Waals surface area contributed by atoms with Crippen LogP contribution in [-0.2, 0) is 6.42 Å². The summed E-state index contributed by atoms with van der Waals surface area (Å²) in [5.74, 6) is 0.836. The van der Waals surface area contributed by atoms with Gasteiger partial charge in [-0.05, 0) is 31.5 Å². The maximum Gasteiger partial charge on any atom is 0.138 e. The van der Waals surface area contributed by atoms with E-state index in [0.29, 0.717) is 0 Å². The highest BCUT2D eigenvalue weighted by atomic mass is 32.1. The highest BCUT2D eigenvalue weighted by Gasteiger charge is 2.14. The molecule has 0 spiro atoms. The van der Waals surface area contributed by atoms with Crippen molar-refractivity contribution < 1.29 is 0 Å². The van der Waals surface area contributed by atoms with Crippen molar-refractivity contribution in [3.05, 3.63) is 59.5 Å². The van der Waals surface area contributed by atoms with Gasteiger partial charge in [-0.15, -0.1) is 16.4 Å². The van der Waals surface area contributed by atoms with Crippen LogP contribution in [0.5, 0.6) is 0 Å². The zero-order valence-corrected chi connectivity index (χ0v) is 14.9. The number of nitrogens with one attached hydrogen (secondary N) is 1. The largest absolute Gasteiger partial charge is 0.361 e. The van der Waals surface area contributed by atoms with Gasteiger partial charge in [0.15, 0.2) is 0 Å². The molecule has 0 fully saturated rings. The topological polar surface area (TPSA) is 68.5 Å². The van der Waals surface area contributed by atoms with Crippen molar-refractivity contribution in [3.63, 3.8) is 0 Å². The Kier molecular flexibility index (Phi) is 4.15. The third-order valence-electron chi connectivity index (χ3n) is 4.06. The number of aromatic nitrogens is 5. The molecule has 6 nitrogen and oxygen atoms in total. The summed E-state index contributed by atoms with van der Waals surface area (Å²) in [6, 6.07) is 12.1. The molecule has 0 bridgehead atoms. The highest BCUT2D eigenvalue weighted by molar-refractivity contribution is 7.18. The standard InChI is InChI=1S/C18H18N6S/c1-3-14-9-15-17(19-11-20-18(15)25-14)21-12(2)16-10-24(23-22-16)13-7-5-4-6-8-13/h4-12H,3H2,1-2H3,(H,19,20,21). The van der Waals surface area contributed by atoms with E-state index >= 15 is 0 Å². The molecule has 0 aliphatic heterocycles. The molecular weight excluding hydrogens is 332 g/mol. The molecule has 0 aliphatic rings. The minimum absolute atomic E-state index is 0.0134. The van der Waals surface area contributed by atoms with Gasteiger partial charge in [0, 0.05) is 4.88 Å². The fraction of sp³-hybridized carbons (Fsp3) is 0.222. The SMILES string of the molecule is CCc1cc2c(NC(C)c3cn(-c4ccccc4)nn3)ncnc2s1.